The Morgan fingerprint density at radius 3 is 2.55 bits per heavy atom. The van der Waals surface area contributed by atoms with Crippen molar-refractivity contribution in [1.82, 2.24) is 15.5 Å². The van der Waals surface area contributed by atoms with Crippen LogP contribution in [0.4, 0.5) is 0 Å². The fourth-order valence-corrected chi connectivity index (χ4v) is 3.90. The van der Waals surface area contributed by atoms with Crippen LogP contribution in [0.1, 0.15) is 72.2 Å². The zero-order valence-electron chi connectivity index (χ0n) is 16.9. The molecule has 0 spiro atoms. The Hall–Kier alpha value is -2.58. The lowest BCUT2D eigenvalue weighted by molar-refractivity contribution is -0.136. The van der Waals surface area contributed by atoms with E-state index in [4.69, 9.17) is 5.73 Å². The van der Waals surface area contributed by atoms with Crippen LogP contribution < -0.4 is 16.4 Å². The smallest absolute Gasteiger partial charge is 0.262 e. The highest BCUT2D eigenvalue weighted by Gasteiger charge is 2.45. The molecule has 2 aliphatic heterocycles. The molecule has 29 heavy (non-hydrogen) atoms. The lowest BCUT2D eigenvalue weighted by atomic mass is 9.90. The van der Waals surface area contributed by atoms with Gasteiger partial charge in [-0.15, -0.1) is 0 Å². The van der Waals surface area contributed by atoms with E-state index in [1.807, 2.05) is 0 Å². The number of piperidine rings is 1. The number of fused-ring (bicyclic) bond motifs is 1. The van der Waals surface area contributed by atoms with Gasteiger partial charge < -0.3 is 11.1 Å². The maximum atomic E-state index is 13.0. The molecule has 1 fully saturated rings. The monoisotopic (exact) mass is 400 g/mol. The van der Waals surface area contributed by atoms with Crippen LogP contribution in [0.25, 0.3) is 0 Å². The first-order valence-electron chi connectivity index (χ1n) is 10.1. The number of nitrogens with zero attached hydrogens (tertiary/aromatic N) is 1. The van der Waals surface area contributed by atoms with Crippen LogP contribution in [0.3, 0.4) is 0 Å². The summed E-state index contributed by atoms with van der Waals surface area (Å²) < 4.78 is 0. The minimum absolute atomic E-state index is 0.105. The van der Waals surface area contributed by atoms with Crippen LogP contribution >= 0.6 is 0 Å². The molecular formula is C21H28N4O4. The third kappa shape index (κ3) is 4.09. The van der Waals surface area contributed by atoms with Gasteiger partial charge in [0.05, 0.1) is 11.1 Å². The Morgan fingerprint density at radius 2 is 1.90 bits per heavy atom. The summed E-state index contributed by atoms with van der Waals surface area (Å²) in [7, 11) is 0. The molecule has 2 aliphatic rings. The summed E-state index contributed by atoms with van der Waals surface area (Å²) in [6.45, 7) is 5.26. The van der Waals surface area contributed by atoms with Crippen molar-refractivity contribution in [2.75, 3.05) is 6.54 Å². The summed E-state index contributed by atoms with van der Waals surface area (Å²) in [5.74, 6) is -1.96. The molecule has 0 radical (unpaired) electrons. The van der Waals surface area contributed by atoms with Gasteiger partial charge in [-0.25, -0.2) is 0 Å². The first-order valence-corrected chi connectivity index (χ1v) is 10.1. The van der Waals surface area contributed by atoms with Gasteiger partial charge in [0.15, 0.2) is 0 Å². The van der Waals surface area contributed by atoms with Gasteiger partial charge in [-0.1, -0.05) is 26.0 Å². The fourth-order valence-electron chi connectivity index (χ4n) is 3.90. The normalized spacial score (nSPS) is 19.6. The van der Waals surface area contributed by atoms with Crippen LogP contribution in [0.15, 0.2) is 18.2 Å². The molecule has 8 nitrogen and oxygen atoms in total. The molecule has 1 atom stereocenters. The molecule has 3 rings (SSSR count). The minimum Gasteiger partial charge on any atom is -0.325 e. The van der Waals surface area contributed by atoms with Gasteiger partial charge in [0.2, 0.25) is 11.8 Å². The number of hydrogen-bond donors (Lipinski definition) is 3. The Labute approximate surface area is 170 Å². The zero-order valence-corrected chi connectivity index (χ0v) is 16.9. The van der Waals surface area contributed by atoms with Gasteiger partial charge in [-0.3, -0.25) is 29.4 Å². The number of rotatable bonds is 8. The molecule has 1 aromatic carbocycles. The van der Waals surface area contributed by atoms with Crippen molar-refractivity contribution >= 4 is 23.6 Å². The summed E-state index contributed by atoms with van der Waals surface area (Å²) in [6, 6.07) is 4.19. The van der Waals surface area contributed by atoms with E-state index >= 15 is 0 Å². The topological polar surface area (TPSA) is 122 Å². The van der Waals surface area contributed by atoms with Gasteiger partial charge in [0.1, 0.15) is 6.04 Å². The Morgan fingerprint density at radius 1 is 1.17 bits per heavy atom. The first kappa shape index (κ1) is 21.1. The molecule has 0 aromatic heterocycles. The van der Waals surface area contributed by atoms with Gasteiger partial charge in [-0.2, -0.15) is 0 Å². The summed E-state index contributed by atoms with van der Waals surface area (Å²) in [6.07, 6.45) is 2.84. The predicted molar refractivity (Wildman–Crippen MR) is 107 cm³/mol. The van der Waals surface area contributed by atoms with Crippen LogP contribution in [-0.4, -0.2) is 46.7 Å². The van der Waals surface area contributed by atoms with Gasteiger partial charge in [0.25, 0.3) is 11.8 Å². The average Bonchev–Trinajstić information content (AvgIpc) is 2.96. The molecule has 156 valence electrons. The van der Waals surface area contributed by atoms with E-state index in [2.05, 4.69) is 24.5 Å². The molecule has 1 saturated heterocycles. The lowest BCUT2D eigenvalue weighted by Gasteiger charge is -2.28. The van der Waals surface area contributed by atoms with E-state index in [1.165, 1.54) is 0 Å². The number of amides is 4. The minimum atomic E-state index is -0.951. The molecular weight excluding hydrogens is 372 g/mol. The highest BCUT2D eigenvalue weighted by molar-refractivity contribution is 6.24. The second-order valence-electron chi connectivity index (χ2n) is 7.78. The van der Waals surface area contributed by atoms with Crippen molar-refractivity contribution in [3.8, 4) is 0 Å². The highest BCUT2D eigenvalue weighted by Crippen LogP contribution is 2.30. The number of nitrogens with one attached hydrogen (secondary N) is 2. The van der Waals surface area contributed by atoms with Crippen LogP contribution in [0.2, 0.25) is 0 Å². The largest absolute Gasteiger partial charge is 0.325 e. The van der Waals surface area contributed by atoms with Crippen LogP contribution in [-0.2, 0) is 16.1 Å². The van der Waals surface area contributed by atoms with E-state index in [-0.39, 0.29) is 24.3 Å². The van der Waals surface area contributed by atoms with Crippen LogP contribution in [0.5, 0.6) is 0 Å². The summed E-state index contributed by atoms with van der Waals surface area (Å²) >= 11 is 0. The van der Waals surface area contributed by atoms with Crippen molar-refractivity contribution in [1.29, 1.82) is 0 Å². The summed E-state index contributed by atoms with van der Waals surface area (Å²) in [4.78, 5) is 50.4. The third-order valence-electron chi connectivity index (χ3n) is 6.08. The molecule has 4 amide bonds. The second kappa shape index (κ2) is 8.42. The number of hydrogen-bond acceptors (Lipinski definition) is 6. The maximum Gasteiger partial charge on any atom is 0.262 e. The van der Waals surface area contributed by atoms with E-state index in [1.54, 1.807) is 18.2 Å². The molecule has 4 N–H and O–H groups in total. The molecule has 8 heteroatoms. The molecule has 1 aromatic rings. The second-order valence-corrected chi connectivity index (χ2v) is 7.78. The van der Waals surface area contributed by atoms with Crippen molar-refractivity contribution in [2.45, 2.75) is 64.1 Å². The lowest BCUT2D eigenvalue weighted by Crippen LogP contribution is -2.54. The number of carbonyl (C=O) groups excluding carboxylic acids is 4. The predicted octanol–water partition coefficient (Wildman–Crippen LogP) is 1.09. The van der Waals surface area contributed by atoms with Gasteiger partial charge in [-0.05, 0) is 43.9 Å². The summed E-state index contributed by atoms with van der Waals surface area (Å²) in [5, 5.41) is 5.52. The fraction of sp³-hybridized carbons (Fsp3) is 0.524. The first-order chi connectivity index (χ1) is 13.8. The van der Waals surface area contributed by atoms with Crippen molar-refractivity contribution in [2.24, 2.45) is 5.73 Å². The SMILES string of the molecule is CCC(N)(CC)CCNCc1cccc2c1C(=O)N(C1CCC(=O)NC1=O)C2=O. The van der Waals surface area contributed by atoms with E-state index in [9.17, 15) is 19.2 Å². The summed E-state index contributed by atoms with van der Waals surface area (Å²) in [5.41, 5.74) is 7.46. The average molecular weight is 400 g/mol. The zero-order chi connectivity index (χ0) is 21.2. The molecule has 0 saturated carbocycles. The molecule has 0 aliphatic carbocycles. The molecule has 2 heterocycles. The van der Waals surface area contributed by atoms with Crippen molar-refractivity contribution in [3.63, 3.8) is 0 Å². The number of nitrogens with two attached hydrogens (primary N) is 1. The van der Waals surface area contributed by atoms with Crippen LogP contribution in [0, 0.1) is 0 Å². The van der Waals surface area contributed by atoms with Crippen molar-refractivity contribution < 1.29 is 19.2 Å². The Bertz CT molecular complexity index is 847. The quantitative estimate of drug-likeness (QED) is 0.444. The van der Waals surface area contributed by atoms with E-state index in [0.29, 0.717) is 29.8 Å². The molecule has 0 bridgehead atoms. The Kier molecular flexibility index (Phi) is 6.14. The van der Waals surface area contributed by atoms with E-state index in [0.717, 1.165) is 24.2 Å². The number of benzene rings is 1. The van der Waals surface area contributed by atoms with Gasteiger partial charge in [0, 0.05) is 18.5 Å². The maximum absolute atomic E-state index is 13.0. The standard InChI is InChI=1S/C21H28N4O4/c1-3-21(22,4-2)10-11-23-12-13-6-5-7-14-17(13)20(29)25(19(14)28)15-8-9-16(26)24-18(15)27/h5-7,15,23H,3-4,8-12,22H2,1-2H3,(H,24,26,27). The third-order valence-corrected chi connectivity index (χ3v) is 6.08. The van der Waals surface area contributed by atoms with Gasteiger partial charge >= 0.3 is 0 Å². The Balaban J connectivity index is 1.73. The number of carbonyl (C=O) groups is 4. The number of imide groups is 2. The van der Waals surface area contributed by atoms with E-state index < -0.39 is 23.8 Å². The van der Waals surface area contributed by atoms with Crippen molar-refractivity contribution in [3.05, 3.63) is 34.9 Å². The highest BCUT2D eigenvalue weighted by atomic mass is 16.2. The molecule has 1 unspecified atom stereocenters.